The number of hydrogen-bond acceptors (Lipinski definition) is 4. The van der Waals surface area contributed by atoms with Gasteiger partial charge in [-0.15, -0.1) is 0 Å². The molecule has 1 aromatic heterocycles. The molecule has 1 fully saturated rings. The van der Waals surface area contributed by atoms with Crippen molar-refractivity contribution in [3.05, 3.63) is 59.3 Å². The molecule has 1 aliphatic heterocycles. The Morgan fingerprint density at radius 2 is 2.12 bits per heavy atom. The molecule has 0 spiro atoms. The number of pyridine rings is 1. The smallest absolute Gasteiger partial charge is 0.410 e. The van der Waals surface area contributed by atoms with Gasteiger partial charge < -0.3 is 14.4 Å². The van der Waals surface area contributed by atoms with Crippen LogP contribution in [-0.2, 0) is 11.3 Å². The monoisotopic (exact) mass is 326 g/mol. The topological polar surface area (TPSA) is 51.7 Å². The van der Waals surface area contributed by atoms with E-state index >= 15 is 0 Å². The zero-order valence-electron chi connectivity index (χ0n) is 14.1. The van der Waals surface area contributed by atoms with Gasteiger partial charge in [0.1, 0.15) is 6.61 Å². The number of hydrogen-bond donors (Lipinski definition) is 0. The van der Waals surface area contributed by atoms with E-state index in [0.29, 0.717) is 19.0 Å². The van der Waals surface area contributed by atoms with Crippen LogP contribution < -0.4 is 4.74 Å². The number of benzene rings is 1. The van der Waals surface area contributed by atoms with Gasteiger partial charge >= 0.3 is 6.09 Å². The first-order chi connectivity index (χ1) is 11.7. The summed E-state index contributed by atoms with van der Waals surface area (Å²) in [5, 5.41) is 0. The van der Waals surface area contributed by atoms with E-state index in [2.05, 4.69) is 4.98 Å². The van der Waals surface area contributed by atoms with Crippen LogP contribution in [-0.4, -0.2) is 29.6 Å². The molecule has 1 aromatic carbocycles. The predicted octanol–water partition coefficient (Wildman–Crippen LogP) is 3.87. The molecule has 1 unspecified atom stereocenters. The number of aryl methyl sites for hydroxylation is 1. The molecule has 5 heteroatoms. The van der Waals surface area contributed by atoms with E-state index in [4.69, 9.17) is 9.47 Å². The quantitative estimate of drug-likeness (QED) is 0.856. The van der Waals surface area contributed by atoms with E-state index in [1.165, 1.54) is 0 Å². The second-order valence-corrected chi connectivity index (χ2v) is 5.99. The first-order valence-electron chi connectivity index (χ1n) is 8.17. The molecule has 0 radical (unpaired) electrons. The molecule has 0 saturated carbocycles. The minimum atomic E-state index is -0.269. The fourth-order valence-corrected chi connectivity index (χ4v) is 3.11. The lowest BCUT2D eigenvalue weighted by molar-refractivity contribution is 0.0920. The van der Waals surface area contributed by atoms with Crippen LogP contribution in [0.3, 0.4) is 0 Å². The fourth-order valence-electron chi connectivity index (χ4n) is 3.11. The van der Waals surface area contributed by atoms with E-state index in [9.17, 15) is 4.79 Å². The van der Waals surface area contributed by atoms with Gasteiger partial charge in [-0.3, -0.25) is 0 Å². The maximum absolute atomic E-state index is 12.5. The molecule has 2 aromatic rings. The summed E-state index contributed by atoms with van der Waals surface area (Å²) in [5.41, 5.74) is 2.99. The average Bonchev–Trinajstić information content (AvgIpc) is 3.10. The van der Waals surface area contributed by atoms with Crippen molar-refractivity contribution in [3.63, 3.8) is 0 Å². The maximum atomic E-state index is 12.5. The van der Waals surface area contributed by atoms with Crippen molar-refractivity contribution in [2.45, 2.75) is 32.4 Å². The van der Waals surface area contributed by atoms with Gasteiger partial charge in [0.15, 0.2) is 0 Å². The lowest BCUT2D eigenvalue weighted by Crippen LogP contribution is -2.31. The van der Waals surface area contributed by atoms with Gasteiger partial charge in [-0.2, -0.15) is 0 Å². The molecule has 3 rings (SSSR count). The van der Waals surface area contributed by atoms with Crippen LogP contribution in [0, 0.1) is 6.92 Å². The normalized spacial score (nSPS) is 16.9. The molecule has 5 nitrogen and oxygen atoms in total. The molecule has 0 aliphatic carbocycles. The molecule has 1 atom stereocenters. The van der Waals surface area contributed by atoms with Crippen LogP contribution in [0.2, 0.25) is 0 Å². The van der Waals surface area contributed by atoms with Crippen molar-refractivity contribution in [2.24, 2.45) is 0 Å². The van der Waals surface area contributed by atoms with Crippen LogP contribution in [0.5, 0.6) is 5.88 Å². The highest BCUT2D eigenvalue weighted by atomic mass is 16.6. The van der Waals surface area contributed by atoms with Crippen molar-refractivity contribution < 1.29 is 14.3 Å². The Balaban J connectivity index is 1.68. The van der Waals surface area contributed by atoms with E-state index in [1.807, 2.05) is 43.3 Å². The number of carbonyl (C=O) groups is 1. The fraction of sp³-hybridized carbons (Fsp3) is 0.368. The van der Waals surface area contributed by atoms with E-state index in [0.717, 1.165) is 29.5 Å². The Bertz CT molecular complexity index is 703. The van der Waals surface area contributed by atoms with Crippen molar-refractivity contribution in [1.82, 2.24) is 9.88 Å². The van der Waals surface area contributed by atoms with Crippen LogP contribution in [0.15, 0.2) is 42.6 Å². The summed E-state index contributed by atoms with van der Waals surface area (Å²) in [4.78, 5) is 18.6. The number of likely N-dealkylation sites (tertiary alicyclic amines) is 1. The summed E-state index contributed by atoms with van der Waals surface area (Å²) in [5.74, 6) is 0.620. The van der Waals surface area contributed by atoms with Crippen LogP contribution >= 0.6 is 0 Å². The second-order valence-electron chi connectivity index (χ2n) is 5.99. The SMILES string of the molecule is COc1ncc(C2CCCN2C(=O)OCc2ccccc2)cc1C. The third kappa shape index (κ3) is 3.50. The maximum Gasteiger partial charge on any atom is 0.410 e. The molecule has 1 amide bonds. The highest BCUT2D eigenvalue weighted by Crippen LogP contribution is 2.33. The lowest BCUT2D eigenvalue weighted by atomic mass is 10.1. The standard InChI is InChI=1S/C19H22N2O3/c1-14-11-16(12-20-18(14)23-2)17-9-6-10-21(17)19(22)24-13-15-7-4-3-5-8-15/h3-5,7-8,11-12,17H,6,9-10,13H2,1-2H3. The summed E-state index contributed by atoms with van der Waals surface area (Å²) in [6.07, 6.45) is 3.42. The predicted molar refractivity (Wildman–Crippen MR) is 90.8 cm³/mol. The number of nitrogens with zero attached hydrogens (tertiary/aromatic N) is 2. The molecule has 0 bridgehead atoms. The Hall–Kier alpha value is -2.56. The molecule has 0 N–H and O–H groups in total. The molecule has 24 heavy (non-hydrogen) atoms. The molecular formula is C19H22N2O3. The van der Waals surface area contributed by atoms with Gasteiger partial charge in [-0.25, -0.2) is 9.78 Å². The van der Waals surface area contributed by atoms with Crippen LogP contribution in [0.1, 0.15) is 35.6 Å². The van der Waals surface area contributed by atoms with Gasteiger partial charge in [0.05, 0.1) is 13.2 Å². The first kappa shape index (κ1) is 16.3. The van der Waals surface area contributed by atoms with Crippen LogP contribution in [0.4, 0.5) is 4.79 Å². The van der Waals surface area contributed by atoms with E-state index in [1.54, 1.807) is 18.2 Å². The Morgan fingerprint density at radius 1 is 1.33 bits per heavy atom. The summed E-state index contributed by atoms with van der Waals surface area (Å²) in [7, 11) is 1.61. The largest absolute Gasteiger partial charge is 0.481 e. The minimum Gasteiger partial charge on any atom is -0.481 e. The Labute approximate surface area is 142 Å². The summed E-state index contributed by atoms with van der Waals surface area (Å²) in [6.45, 7) is 2.97. The summed E-state index contributed by atoms with van der Waals surface area (Å²) in [6, 6.07) is 11.8. The highest BCUT2D eigenvalue weighted by Gasteiger charge is 2.31. The third-order valence-electron chi connectivity index (χ3n) is 4.32. The number of amides is 1. The van der Waals surface area contributed by atoms with Crippen molar-refractivity contribution in [1.29, 1.82) is 0 Å². The molecule has 1 saturated heterocycles. The second kappa shape index (κ2) is 7.34. The minimum absolute atomic E-state index is 0.0189. The average molecular weight is 326 g/mol. The number of carbonyl (C=O) groups excluding carboxylic acids is 1. The third-order valence-corrected chi connectivity index (χ3v) is 4.32. The van der Waals surface area contributed by atoms with Crippen molar-refractivity contribution >= 4 is 6.09 Å². The Kier molecular flexibility index (Phi) is 4.99. The van der Waals surface area contributed by atoms with Gasteiger partial charge in [0, 0.05) is 18.3 Å². The molecule has 1 aliphatic rings. The van der Waals surface area contributed by atoms with Gasteiger partial charge in [-0.1, -0.05) is 30.3 Å². The zero-order valence-corrected chi connectivity index (χ0v) is 14.1. The molecular weight excluding hydrogens is 304 g/mol. The van der Waals surface area contributed by atoms with Gasteiger partial charge in [-0.05, 0) is 37.0 Å². The molecule has 2 heterocycles. The van der Waals surface area contributed by atoms with E-state index in [-0.39, 0.29) is 12.1 Å². The van der Waals surface area contributed by atoms with Gasteiger partial charge in [0.25, 0.3) is 0 Å². The van der Waals surface area contributed by atoms with Crippen molar-refractivity contribution in [2.75, 3.05) is 13.7 Å². The lowest BCUT2D eigenvalue weighted by Gasteiger charge is -2.24. The van der Waals surface area contributed by atoms with Crippen LogP contribution in [0.25, 0.3) is 0 Å². The Morgan fingerprint density at radius 3 is 2.83 bits per heavy atom. The summed E-state index contributed by atoms with van der Waals surface area (Å²) >= 11 is 0. The molecule has 126 valence electrons. The van der Waals surface area contributed by atoms with Gasteiger partial charge in [0.2, 0.25) is 5.88 Å². The number of methoxy groups -OCH3 is 1. The summed E-state index contributed by atoms with van der Waals surface area (Å²) < 4.78 is 10.7. The number of ether oxygens (including phenoxy) is 2. The van der Waals surface area contributed by atoms with E-state index < -0.39 is 0 Å². The number of aromatic nitrogens is 1. The first-order valence-corrected chi connectivity index (χ1v) is 8.17. The van der Waals surface area contributed by atoms with Crippen molar-refractivity contribution in [3.8, 4) is 5.88 Å². The zero-order chi connectivity index (χ0) is 16.9. The highest BCUT2D eigenvalue weighted by molar-refractivity contribution is 5.68. The number of rotatable bonds is 4.